The lowest BCUT2D eigenvalue weighted by Gasteiger charge is -1.98. The lowest BCUT2D eigenvalue weighted by molar-refractivity contribution is 0.508. The highest BCUT2D eigenvalue weighted by atomic mass is 32.1. The van der Waals surface area contributed by atoms with Crippen molar-refractivity contribution in [3.05, 3.63) is 47.7 Å². The standard InChI is InChI=1S/C13H11N3OS/c14-8-12-15-16-13(17-12)10-5-3-9(4-6-10)11-2-1-7-18-11/h1-7H,8,14H2. The molecule has 0 bridgehead atoms. The van der Waals surface area contributed by atoms with E-state index in [0.29, 0.717) is 11.8 Å². The second-order valence-corrected chi connectivity index (χ2v) is 4.71. The van der Waals surface area contributed by atoms with Gasteiger partial charge in [0, 0.05) is 10.4 Å². The summed E-state index contributed by atoms with van der Waals surface area (Å²) in [6.07, 6.45) is 0. The minimum Gasteiger partial charge on any atom is -0.419 e. The van der Waals surface area contributed by atoms with Gasteiger partial charge in [-0.2, -0.15) is 0 Å². The molecule has 0 atom stereocenters. The van der Waals surface area contributed by atoms with Gasteiger partial charge in [0.1, 0.15) is 0 Å². The van der Waals surface area contributed by atoms with Crippen LogP contribution in [0.15, 0.2) is 46.2 Å². The zero-order valence-electron chi connectivity index (χ0n) is 9.54. The molecule has 5 heteroatoms. The fourth-order valence-corrected chi connectivity index (χ4v) is 2.41. The first kappa shape index (κ1) is 11.1. The highest BCUT2D eigenvalue weighted by Gasteiger charge is 2.07. The van der Waals surface area contributed by atoms with Crippen molar-refractivity contribution in [2.24, 2.45) is 5.73 Å². The largest absolute Gasteiger partial charge is 0.419 e. The maximum atomic E-state index is 5.43. The summed E-state index contributed by atoms with van der Waals surface area (Å²) in [5, 5.41) is 9.86. The van der Waals surface area contributed by atoms with Crippen LogP contribution >= 0.6 is 11.3 Å². The third kappa shape index (κ3) is 2.05. The molecular formula is C13H11N3OS. The summed E-state index contributed by atoms with van der Waals surface area (Å²) in [4.78, 5) is 1.25. The fourth-order valence-electron chi connectivity index (χ4n) is 1.67. The minimum absolute atomic E-state index is 0.264. The van der Waals surface area contributed by atoms with Gasteiger partial charge < -0.3 is 10.2 Å². The molecule has 0 saturated carbocycles. The number of nitrogens with zero attached hydrogens (tertiary/aromatic N) is 2. The molecule has 0 amide bonds. The molecule has 0 aliphatic heterocycles. The van der Waals surface area contributed by atoms with Gasteiger partial charge in [0.2, 0.25) is 11.8 Å². The Hall–Kier alpha value is -1.98. The van der Waals surface area contributed by atoms with Crippen molar-refractivity contribution in [3.8, 4) is 21.9 Å². The molecular weight excluding hydrogens is 246 g/mol. The van der Waals surface area contributed by atoms with E-state index < -0.39 is 0 Å². The van der Waals surface area contributed by atoms with E-state index in [4.69, 9.17) is 10.2 Å². The van der Waals surface area contributed by atoms with Gasteiger partial charge >= 0.3 is 0 Å². The van der Waals surface area contributed by atoms with E-state index >= 15 is 0 Å². The summed E-state index contributed by atoms with van der Waals surface area (Å²) in [6.45, 7) is 0.264. The van der Waals surface area contributed by atoms with Crippen LogP contribution in [0.2, 0.25) is 0 Å². The van der Waals surface area contributed by atoms with Gasteiger partial charge in [-0.05, 0) is 29.1 Å². The summed E-state index contributed by atoms with van der Waals surface area (Å²) in [6, 6.07) is 12.2. The predicted molar refractivity (Wildman–Crippen MR) is 70.9 cm³/mol. The normalized spacial score (nSPS) is 10.7. The molecule has 2 N–H and O–H groups in total. The van der Waals surface area contributed by atoms with Gasteiger partial charge in [-0.15, -0.1) is 21.5 Å². The van der Waals surface area contributed by atoms with Crippen LogP contribution in [0.25, 0.3) is 21.9 Å². The fraction of sp³-hybridized carbons (Fsp3) is 0.0769. The zero-order valence-corrected chi connectivity index (χ0v) is 10.4. The highest BCUT2D eigenvalue weighted by Crippen LogP contribution is 2.27. The van der Waals surface area contributed by atoms with Crippen molar-refractivity contribution in [2.75, 3.05) is 0 Å². The summed E-state index contributed by atoms with van der Waals surface area (Å²) in [5.41, 5.74) is 7.53. The summed E-state index contributed by atoms with van der Waals surface area (Å²) in [5.74, 6) is 0.959. The van der Waals surface area contributed by atoms with Gasteiger partial charge in [-0.3, -0.25) is 0 Å². The highest BCUT2D eigenvalue weighted by molar-refractivity contribution is 7.13. The Balaban J connectivity index is 1.91. The van der Waals surface area contributed by atoms with Gasteiger partial charge in [0.15, 0.2) is 0 Å². The van der Waals surface area contributed by atoms with E-state index in [9.17, 15) is 0 Å². The maximum Gasteiger partial charge on any atom is 0.247 e. The minimum atomic E-state index is 0.264. The van der Waals surface area contributed by atoms with E-state index in [-0.39, 0.29) is 6.54 Å². The van der Waals surface area contributed by atoms with Gasteiger partial charge in [-0.25, -0.2) is 0 Å². The average molecular weight is 257 g/mol. The molecule has 4 nitrogen and oxygen atoms in total. The smallest absolute Gasteiger partial charge is 0.247 e. The number of hydrogen-bond donors (Lipinski definition) is 1. The monoisotopic (exact) mass is 257 g/mol. The molecule has 0 aliphatic rings. The van der Waals surface area contributed by atoms with Gasteiger partial charge in [0.05, 0.1) is 6.54 Å². The Morgan fingerprint density at radius 3 is 2.44 bits per heavy atom. The Bertz CT molecular complexity index is 629. The molecule has 18 heavy (non-hydrogen) atoms. The van der Waals surface area contributed by atoms with Crippen molar-refractivity contribution in [2.45, 2.75) is 6.54 Å². The summed E-state index contributed by atoms with van der Waals surface area (Å²) < 4.78 is 5.40. The van der Waals surface area contributed by atoms with Crippen LogP contribution < -0.4 is 5.73 Å². The maximum absolute atomic E-state index is 5.43. The first-order valence-corrected chi connectivity index (χ1v) is 6.41. The molecule has 3 rings (SSSR count). The molecule has 0 unspecified atom stereocenters. The number of rotatable bonds is 3. The van der Waals surface area contributed by atoms with Crippen LogP contribution in [-0.4, -0.2) is 10.2 Å². The zero-order chi connectivity index (χ0) is 12.4. The third-order valence-electron chi connectivity index (χ3n) is 2.58. The molecule has 3 aromatic rings. The Labute approximate surface area is 108 Å². The van der Waals surface area contributed by atoms with E-state index in [0.717, 1.165) is 5.56 Å². The average Bonchev–Trinajstić information content (AvgIpc) is 3.10. The van der Waals surface area contributed by atoms with Crippen LogP contribution in [0.1, 0.15) is 5.89 Å². The van der Waals surface area contributed by atoms with Gasteiger partial charge in [-0.1, -0.05) is 18.2 Å². The van der Waals surface area contributed by atoms with Crippen LogP contribution in [0.4, 0.5) is 0 Å². The molecule has 1 aromatic carbocycles. The molecule has 2 aromatic heterocycles. The Morgan fingerprint density at radius 1 is 1.06 bits per heavy atom. The SMILES string of the molecule is NCc1nnc(-c2ccc(-c3cccs3)cc2)o1. The second-order valence-electron chi connectivity index (χ2n) is 3.76. The Morgan fingerprint density at radius 2 is 1.83 bits per heavy atom. The van der Waals surface area contributed by atoms with Crippen LogP contribution in [0.5, 0.6) is 0 Å². The topological polar surface area (TPSA) is 64.9 Å². The van der Waals surface area contributed by atoms with Crippen molar-refractivity contribution in [3.63, 3.8) is 0 Å². The quantitative estimate of drug-likeness (QED) is 0.783. The van der Waals surface area contributed by atoms with E-state index in [1.54, 1.807) is 11.3 Å². The molecule has 0 saturated heterocycles. The van der Waals surface area contributed by atoms with Crippen molar-refractivity contribution in [1.29, 1.82) is 0 Å². The molecule has 0 fully saturated rings. The van der Waals surface area contributed by atoms with Crippen molar-refractivity contribution < 1.29 is 4.42 Å². The van der Waals surface area contributed by atoms with E-state index in [2.05, 4.69) is 21.6 Å². The van der Waals surface area contributed by atoms with Crippen LogP contribution in [0.3, 0.4) is 0 Å². The summed E-state index contributed by atoms with van der Waals surface area (Å²) in [7, 11) is 0. The molecule has 90 valence electrons. The first-order chi connectivity index (χ1) is 8.86. The number of hydrogen-bond acceptors (Lipinski definition) is 5. The van der Waals surface area contributed by atoms with Crippen LogP contribution in [-0.2, 0) is 6.54 Å². The molecule has 2 heterocycles. The lowest BCUT2D eigenvalue weighted by Crippen LogP contribution is -1.95. The predicted octanol–water partition coefficient (Wildman–Crippen LogP) is 2.92. The van der Waals surface area contributed by atoms with Gasteiger partial charge in [0.25, 0.3) is 0 Å². The molecule has 0 aliphatic carbocycles. The molecule has 0 spiro atoms. The number of nitrogens with two attached hydrogens (primary N) is 1. The van der Waals surface area contributed by atoms with Crippen LogP contribution in [0, 0.1) is 0 Å². The van der Waals surface area contributed by atoms with Crippen molar-refractivity contribution >= 4 is 11.3 Å². The van der Waals surface area contributed by atoms with E-state index in [1.165, 1.54) is 10.4 Å². The van der Waals surface area contributed by atoms with Crippen molar-refractivity contribution in [1.82, 2.24) is 10.2 Å². The van der Waals surface area contributed by atoms with E-state index in [1.807, 2.05) is 30.3 Å². The first-order valence-electron chi connectivity index (χ1n) is 5.53. The second kappa shape index (κ2) is 4.72. The number of benzene rings is 1. The summed E-state index contributed by atoms with van der Waals surface area (Å²) >= 11 is 1.72. The molecule has 0 radical (unpaired) electrons. The number of aromatic nitrogens is 2. The third-order valence-corrected chi connectivity index (χ3v) is 3.50. The number of thiophene rings is 1. The lowest BCUT2D eigenvalue weighted by atomic mass is 10.1. The Kier molecular flexibility index (Phi) is 2.92.